The van der Waals surface area contributed by atoms with Crippen LogP contribution in [0.5, 0.6) is 0 Å². The summed E-state index contributed by atoms with van der Waals surface area (Å²) in [4.78, 5) is 21.1. The van der Waals surface area contributed by atoms with Gasteiger partial charge in [-0.3, -0.25) is 9.78 Å². The first-order valence-corrected chi connectivity index (χ1v) is 10.9. The predicted molar refractivity (Wildman–Crippen MR) is 119 cm³/mol. The maximum Gasteiger partial charge on any atom is 0.225 e. The van der Waals surface area contributed by atoms with E-state index in [0.29, 0.717) is 41.5 Å². The molecule has 0 aliphatic heterocycles. The quantitative estimate of drug-likeness (QED) is 0.591. The molecule has 0 spiro atoms. The van der Waals surface area contributed by atoms with Gasteiger partial charge in [-0.15, -0.1) is 6.42 Å². The lowest BCUT2D eigenvalue weighted by atomic mass is 9.89. The van der Waals surface area contributed by atoms with Crippen LogP contribution in [0.25, 0.3) is 10.9 Å². The van der Waals surface area contributed by atoms with Crippen molar-refractivity contribution in [2.24, 2.45) is 17.8 Å². The number of hydrogen-bond acceptors (Lipinski definition) is 3. The number of fused-ring (bicyclic) bond motifs is 2. The molecule has 156 valence electrons. The minimum atomic E-state index is -0.213. The molecule has 5 heteroatoms. The van der Waals surface area contributed by atoms with Gasteiger partial charge in [-0.25, -0.2) is 9.37 Å². The molecule has 2 saturated carbocycles. The van der Waals surface area contributed by atoms with Crippen LogP contribution in [0.1, 0.15) is 49.1 Å². The number of nitrogens with one attached hydrogen (secondary N) is 1. The smallest absolute Gasteiger partial charge is 0.225 e. The van der Waals surface area contributed by atoms with Gasteiger partial charge in [-0.05, 0) is 91.3 Å². The molecule has 0 saturated heterocycles. The van der Waals surface area contributed by atoms with Gasteiger partial charge in [-0.2, -0.15) is 0 Å². The predicted octanol–water partition coefficient (Wildman–Crippen LogP) is 5.30. The van der Waals surface area contributed by atoms with Crippen LogP contribution in [0.15, 0.2) is 48.8 Å². The monoisotopic (exact) mass is 413 g/mol. The zero-order valence-corrected chi connectivity index (χ0v) is 17.2. The largest absolute Gasteiger partial charge is 0.311 e. The summed E-state index contributed by atoms with van der Waals surface area (Å²) in [6.45, 7) is 0. The van der Waals surface area contributed by atoms with Gasteiger partial charge in [-0.1, -0.05) is 5.92 Å². The molecule has 2 aliphatic rings. The van der Waals surface area contributed by atoms with E-state index in [4.69, 9.17) is 6.42 Å². The Hall–Kier alpha value is -3.26. The molecule has 1 aromatic carbocycles. The van der Waals surface area contributed by atoms with Gasteiger partial charge in [0.15, 0.2) is 0 Å². The Balaban J connectivity index is 1.20. The van der Waals surface area contributed by atoms with E-state index in [2.05, 4.69) is 27.3 Å². The Labute approximate surface area is 181 Å². The number of nitrogens with zero attached hydrogens (tertiary/aromatic N) is 2. The summed E-state index contributed by atoms with van der Waals surface area (Å²) in [5.74, 6) is 4.97. The van der Waals surface area contributed by atoms with Gasteiger partial charge in [0.25, 0.3) is 0 Å². The highest BCUT2D eigenvalue weighted by Gasteiger charge is 2.42. The summed E-state index contributed by atoms with van der Waals surface area (Å²) in [7, 11) is 0. The summed E-state index contributed by atoms with van der Waals surface area (Å²) in [5, 5.41) is 3.82. The number of benzene rings is 1. The van der Waals surface area contributed by atoms with Crippen molar-refractivity contribution in [1.82, 2.24) is 9.97 Å². The van der Waals surface area contributed by atoms with Gasteiger partial charge >= 0.3 is 0 Å². The molecule has 2 fully saturated rings. The molecule has 4 atom stereocenters. The zero-order valence-electron chi connectivity index (χ0n) is 17.2. The molecule has 0 radical (unpaired) electrons. The molecule has 2 aromatic heterocycles. The van der Waals surface area contributed by atoms with Crippen LogP contribution in [0, 0.1) is 35.9 Å². The Morgan fingerprint density at radius 2 is 1.90 bits per heavy atom. The lowest BCUT2D eigenvalue weighted by Crippen LogP contribution is -2.16. The molecule has 1 unspecified atom stereocenters. The third-order valence-electron chi connectivity index (χ3n) is 6.96. The van der Waals surface area contributed by atoms with Crippen LogP contribution < -0.4 is 5.32 Å². The second-order valence-electron chi connectivity index (χ2n) is 8.92. The van der Waals surface area contributed by atoms with Crippen LogP contribution in [0.3, 0.4) is 0 Å². The first-order chi connectivity index (χ1) is 15.1. The van der Waals surface area contributed by atoms with Gasteiger partial charge in [0.05, 0.1) is 5.52 Å². The highest BCUT2D eigenvalue weighted by atomic mass is 19.1. The van der Waals surface area contributed by atoms with Crippen molar-refractivity contribution in [3.05, 3.63) is 65.7 Å². The van der Waals surface area contributed by atoms with E-state index in [0.717, 1.165) is 36.6 Å². The minimum absolute atomic E-state index is 0.0121. The number of anilines is 1. The van der Waals surface area contributed by atoms with Crippen LogP contribution in [-0.4, -0.2) is 15.9 Å². The maximum absolute atomic E-state index is 13.8. The average Bonchev–Trinajstić information content (AvgIpc) is 3.32. The molecule has 1 amide bonds. The number of rotatable bonds is 4. The fourth-order valence-corrected chi connectivity index (χ4v) is 5.67. The summed E-state index contributed by atoms with van der Waals surface area (Å²) in [6, 6.07) is 10.4. The number of pyridine rings is 2. The van der Waals surface area contributed by atoms with Crippen molar-refractivity contribution in [2.45, 2.75) is 38.0 Å². The number of terminal acetylenes is 1. The fourth-order valence-electron chi connectivity index (χ4n) is 5.67. The standard InChI is InChI=1S/C26H24FN3O/c1-2-16-3-6-25(29-15-16)30-26(31)11-17-9-18-12-20(13-19(18)10-17)22-7-8-28-24-5-4-21(27)14-23(22)24/h1,3-8,14-15,17-20H,9-13H2,(H,29,30,31)/t17-,18-,19?,20+/m0/s1. The number of amides is 1. The molecule has 0 bridgehead atoms. The van der Waals surface area contributed by atoms with E-state index in [9.17, 15) is 9.18 Å². The topological polar surface area (TPSA) is 54.9 Å². The normalized spacial score (nSPS) is 24.6. The minimum Gasteiger partial charge on any atom is -0.311 e. The zero-order chi connectivity index (χ0) is 21.4. The Bertz CT molecular complexity index is 1150. The lowest BCUT2D eigenvalue weighted by Gasteiger charge is -2.17. The Morgan fingerprint density at radius 3 is 2.61 bits per heavy atom. The SMILES string of the molecule is C#Cc1ccc(NC(=O)C[C@@H]2CC3C[C@H](c4ccnc5ccc(F)cc45)C[C@@H]3C2)nc1. The molecule has 5 rings (SSSR count). The Kier molecular flexibility index (Phi) is 5.15. The maximum atomic E-state index is 13.8. The molecular weight excluding hydrogens is 389 g/mol. The van der Waals surface area contributed by atoms with Crippen molar-refractivity contribution in [1.29, 1.82) is 0 Å². The van der Waals surface area contributed by atoms with Gasteiger partial charge in [0.1, 0.15) is 11.6 Å². The van der Waals surface area contributed by atoms with Crippen molar-refractivity contribution < 1.29 is 9.18 Å². The average molecular weight is 413 g/mol. The van der Waals surface area contributed by atoms with Gasteiger partial charge < -0.3 is 5.32 Å². The van der Waals surface area contributed by atoms with E-state index in [-0.39, 0.29) is 11.7 Å². The second kappa shape index (κ2) is 8.11. The van der Waals surface area contributed by atoms with E-state index in [1.807, 2.05) is 6.20 Å². The van der Waals surface area contributed by atoms with Crippen LogP contribution in [0.2, 0.25) is 0 Å². The van der Waals surface area contributed by atoms with Crippen molar-refractivity contribution in [2.75, 3.05) is 5.32 Å². The van der Waals surface area contributed by atoms with Gasteiger partial charge in [0.2, 0.25) is 5.91 Å². The first-order valence-electron chi connectivity index (χ1n) is 10.9. The first kappa shape index (κ1) is 19.7. The van der Waals surface area contributed by atoms with E-state index < -0.39 is 0 Å². The number of carbonyl (C=O) groups is 1. The van der Waals surface area contributed by atoms with Crippen molar-refractivity contribution in [3.8, 4) is 12.3 Å². The summed E-state index contributed by atoms with van der Waals surface area (Å²) >= 11 is 0. The molecule has 2 heterocycles. The number of halogens is 1. The van der Waals surface area contributed by atoms with Crippen molar-refractivity contribution in [3.63, 3.8) is 0 Å². The van der Waals surface area contributed by atoms with Crippen LogP contribution >= 0.6 is 0 Å². The highest BCUT2D eigenvalue weighted by Crippen LogP contribution is 2.53. The summed E-state index contributed by atoms with van der Waals surface area (Å²) in [5.41, 5.74) is 2.77. The fraction of sp³-hybridized carbons (Fsp3) is 0.346. The summed E-state index contributed by atoms with van der Waals surface area (Å²) in [6.07, 6.45) is 13.7. The molecule has 31 heavy (non-hydrogen) atoms. The number of carbonyl (C=O) groups excluding carboxylic acids is 1. The lowest BCUT2D eigenvalue weighted by molar-refractivity contribution is -0.117. The van der Waals surface area contributed by atoms with E-state index in [1.165, 1.54) is 11.6 Å². The van der Waals surface area contributed by atoms with Gasteiger partial charge in [0, 0.05) is 29.8 Å². The number of hydrogen-bond donors (Lipinski definition) is 1. The number of aromatic nitrogens is 2. The summed E-state index contributed by atoms with van der Waals surface area (Å²) < 4.78 is 13.8. The molecule has 1 N–H and O–H groups in total. The molecule has 4 nitrogen and oxygen atoms in total. The third-order valence-corrected chi connectivity index (χ3v) is 6.96. The van der Waals surface area contributed by atoms with Crippen molar-refractivity contribution >= 4 is 22.6 Å². The van der Waals surface area contributed by atoms with E-state index in [1.54, 1.807) is 30.5 Å². The highest BCUT2D eigenvalue weighted by molar-refractivity contribution is 5.90. The van der Waals surface area contributed by atoms with E-state index >= 15 is 0 Å². The Morgan fingerprint density at radius 1 is 1.10 bits per heavy atom. The molecule has 3 aromatic rings. The second-order valence-corrected chi connectivity index (χ2v) is 8.92. The molecular formula is C26H24FN3O. The molecule has 2 aliphatic carbocycles. The van der Waals surface area contributed by atoms with Crippen LogP contribution in [0.4, 0.5) is 10.2 Å². The van der Waals surface area contributed by atoms with Crippen LogP contribution in [-0.2, 0) is 4.79 Å². The third kappa shape index (κ3) is 4.03.